The molecule has 0 fully saturated rings. The first-order valence-corrected chi connectivity index (χ1v) is 10.4. The zero-order valence-corrected chi connectivity index (χ0v) is 17.5. The van der Waals surface area contributed by atoms with Crippen LogP contribution in [0.3, 0.4) is 0 Å². The molecule has 1 aliphatic heterocycles. The Morgan fingerprint density at radius 3 is 2.41 bits per heavy atom. The van der Waals surface area contributed by atoms with Crippen molar-refractivity contribution in [3.05, 3.63) is 94.5 Å². The predicted octanol–water partition coefficient (Wildman–Crippen LogP) is 4.34. The highest BCUT2D eigenvalue weighted by Crippen LogP contribution is 2.32. The van der Waals surface area contributed by atoms with Crippen molar-refractivity contribution >= 4 is 16.7 Å². The van der Waals surface area contributed by atoms with Crippen molar-refractivity contribution in [1.82, 2.24) is 5.32 Å². The molecule has 0 unspecified atom stereocenters. The Kier molecular flexibility index (Phi) is 5.11. The van der Waals surface area contributed by atoms with E-state index in [-0.39, 0.29) is 18.4 Å². The van der Waals surface area contributed by atoms with Crippen LogP contribution in [0.5, 0.6) is 11.5 Å². The summed E-state index contributed by atoms with van der Waals surface area (Å²) in [6.07, 6.45) is -0.358. The minimum atomic E-state index is -0.548. The maximum Gasteiger partial charge on any atom is 0.344 e. The molecule has 0 radical (unpaired) electrons. The van der Waals surface area contributed by atoms with Gasteiger partial charge in [0.05, 0.1) is 11.9 Å². The van der Waals surface area contributed by atoms with Crippen molar-refractivity contribution in [2.45, 2.75) is 13.0 Å². The lowest BCUT2D eigenvalue weighted by molar-refractivity contribution is 0.0771. The van der Waals surface area contributed by atoms with Gasteiger partial charge in [0.1, 0.15) is 12.7 Å². The minimum absolute atomic E-state index is 0.0188. The summed E-state index contributed by atoms with van der Waals surface area (Å²) in [6, 6.07) is 22.3. The lowest BCUT2D eigenvalue weighted by atomic mass is 9.97. The van der Waals surface area contributed by atoms with Crippen molar-refractivity contribution in [3.8, 4) is 22.6 Å². The molecule has 6 heteroatoms. The first kappa shape index (κ1) is 19.9. The number of carbonyl (C=O) groups excluding carboxylic acids is 1. The molecule has 32 heavy (non-hydrogen) atoms. The van der Waals surface area contributed by atoms with Gasteiger partial charge in [0.15, 0.2) is 11.5 Å². The molecule has 1 N–H and O–H groups in total. The Balaban J connectivity index is 1.47. The molecule has 1 amide bonds. The number of nitrogens with one attached hydrogen (secondary N) is 1. The van der Waals surface area contributed by atoms with Crippen LogP contribution in [-0.4, -0.2) is 25.2 Å². The molecule has 160 valence electrons. The van der Waals surface area contributed by atoms with Crippen molar-refractivity contribution in [3.63, 3.8) is 0 Å². The van der Waals surface area contributed by atoms with Gasteiger partial charge in [-0.15, -0.1) is 0 Å². The van der Waals surface area contributed by atoms with E-state index in [1.54, 1.807) is 12.1 Å². The molecule has 6 nitrogen and oxygen atoms in total. The van der Waals surface area contributed by atoms with Crippen molar-refractivity contribution in [1.29, 1.82) is 0 Å². The Morgan fingerprint density at radius 2 is 1.62 bits per heavy atom. The topological polar surface area (TPSA) is 77.8 Å². The second kappa shape index (κ2) is 8.23. The number of rotatable bonds is 4. The third kappa shape index (κ3) is 3.71. The monoisotopic (exact) mass is 427 g/mol. The third-order valence-electron chi connectivity index (χ3n) is 5.44. The fourth-order valence-electron chi connectivity index (χ4n) is 3.82. The summed E-state index contributed by atoms with van der Waals surface area (Å²) in [5.74, 6) is 0.813. The maximum atomic E-state index is 13.1. The molecule has 1 atom stereocenters. The standard InChI is InChI=1S/C26H21NO5/c1-16-10-12-17(13-11-16)23-19-6-2-3-7-20(19)26(29)32-24(23)25(28)27-14-18-15-30-21-8-4-5-9-22(21)31-18/h2-13,18H,14-15H2,1H3,(H,27,28)/t18-/m1/s1. The molecule has 0 saturated heterocycles. The van der Waals surface area contributed by atoms with Gasteiger partial charge in [0.25, 0.3) is 5.91 Å². The number of para-hydroxylation sites is 2. The summed E-state index contributed by atoms with van der Waals surface area (Å²) in [4.78, 5) is 25.7. The number of aryl methyl sites for hydroxylation is 1. The molecule has 5 rings (SSSR count). The zero-order chi connectivity index (χ0) is 22.1. The molecule has 2 heterocycles. The Hall–Kier alpha value is -4.06. The number of ether oxygens (including phenoxy) is 2. The van der Waals surface area contributed by atoms with Crippen LogP contribution in [0.25, 0.3) is 21.9 Å². The van der Waals surface area contributed by atoms with Crippen LogP contribution in [0.2, 0.25) is 0 Å². The SMILES string of the molecule is Cc1ccc(-c2c(C(=O)NC[C@@H]3COc4ccccc4O3)oc(=O)c3ccccc23)cc1. The summed E-state index contributed by atoms with van der Waals surface area (Å²) in [5.41, 5.74) is 1.93. The maximum absolute atomic E-state index is 13.1. The van der Waals surface area contributed by atoms with Crippen LogP contribution in [-0.2, 0) is 0 Å². The average molecular weight is 427 g/mol. The van der Waals surface area contributed by atoms with E-state index in [0.717, 1.165) is 11.1 Å². The van der Waals surface area contributed by atoms with Gasteiger partial charge in [-0.25, -0.2) is 4.79 Å². The third-order valence-corrected chi connectivity index (χ3v) is 5.44. The molecule has 0 aliphatic carbocycles. The second-order valence-electron chi connectivity index (χ2n) is 7.71. The Labute approximate surface area is 184 Å². The van der Waals surface area contributed by atoms with Gasteiger partial charge in [-0.2, -0.15) is 0 Å². The van der Waals surface area contributed by atoms with E-state index >= 15 is 0 Å². The van der Waals surface area contributed by atoms with Gasteiger partial charge < -0.3 is 19.2 Å². The zero-order valence-electron chi connectivity index (χ0n) is 17.5. The van der Waals surface area contributed by atoms with E-state index in [1.807, 2.05) is 67.6 Å². The number of carbonyl (C=O) groups is 1. The molecule has 0 bridgehead atoms. The molecule has 3 aromatic carbocycles. The first-order chi connectivity index (χ1) is 15.6. The van der Waals surface area contributed by atoms with E-state index in [2.05, 4.69) is 5.32 Å². The highest BCUT2D eigenvalue weighted by Gasteiger charge is 2.25. The van der Waals surface area contributed by atoms with E-state index in [0.29, 0.717) is 34.4 Å². The number of benzene rings is 3. The Bertz CT molecular complexity index is 1360. The molecule has 1 aromatic heterocycles. The summed E-state index contributed by atoms with van der Waals surface area (Å²) in [7, 11) is 0. The molecule has 4 aromatic rings. The largest absolute Gasteiger partial charge is 0.486 e. The summed E-state index contributed by atoms with van der Waals surface area (Å²) in [6.45, 7) is 2.51. The van der Waals surface area contributed by atoms with Gasteiger partial charge in [-0.3, -0.25) is 4.79 Å². The smallest absolute Gasteiger partial charge is 0.344 e. The lowest BCUT2D eigenvalue weighted by Crippen LogP contribution is -2.41. The summed E-state index contributed by atoms with van der Waals surface area (Å²) < 4.78 is 17.1. The Morgan fingerprint density at radius 1 is 0.938 bits per heavy atom. The van der Waals surface area contributed by atoms with E-state index in [9.17, 15) is 9.59 Å². The summed E-state index contributed by atoms with van der Waals surface area (Å²) >= 11 is 0. The average Bonchev–Trinajstić information content (AvgIpc) is 2.83. The molecule has 0 spiro atoms. The van der Waals surface area contributed by atoms with Crippen LogP contribution in [0, 0.1) is 6.92 Å². The summed E-state index contributed by atoms with van der Waals surface area (Å²) in [5, 5.41) is 3.94. The van der Waals surface area contributed by atoms with Crippen LogP contribution < -0.4 is 20.4 Å². The van der Waals surface area contributed by atoms with Gasteiger partial charge >= 0.3 is 5.63 Å². The quantitative estimate of drug-likeness (QED) is 0.524. The number of hydrogen-bond donors (Lipinski definition) is 1. The minimum Gasteiger partial charge on any atom is -0.486 e. The van der Waals surface area contributed by atoms with Crippen LogP contribution in [0.4, 0.5) is 0 Å². The number of fused-ring (bicyclic) bond motifs is 2. The highest BCUT2D eigenvalue weighted by atomic mass is 16.6. The molecular weight excluding hydrogens is 406 g/mol. The van der Waals surface area contributed by atoms with Gasteiger partial charge in [0.2, 0.25) is 5.76 Å². The van der Waals surface area contributed by atoms with E-state index < -0.39 is 11.5 Å². The van der Waals surface area contributed by atoms with Gasteiger partial charge in [-0.1, -0.05) is 60.2 Å². The second-order valence-corrected chi connectivity index (χ2v) is 7.71. The van der Waals surface area contributed by atoms with Gasteiger partial charge in [0, 0.05) is 10.9 Å². The fourth-order valence-corrected chi connectivity index (χ4v) is 3.82. The predicted molar refractivity (Wildman–Crippen MR) is 121 cm³/mol. The first-order valence-electron chi connectivity index (χ1n) is 10.4. The van der Waals surface area contributed by atoms with Crippen molar-refractivity contribution in [2.75, 3.05) is 13.2 Å². The van der Waals surface area contributed by atoms with Crippen LogP contribution in [0.1, 0.15) is 16.1 Å². The van der Waals surface area contributed by atoms with Crippen LogP contribution in [0.15, 0.2) is 82.0 Å². The van der Waals surface area contributed by atoms with Crippen molar-refractivity contribution < 1.29 is 18.7 Å². The number of hydrogen-bond acceptors (Lipinski definition) is 5. The molecule has 0 saturated carbocycles. The van der Waals surface area contributed by atoms with E-state index in [4.69, 9.17) is 13.9 Å². The van der Waals surface area contributed by atoms with Crippen LogP contribution >= 0.6 is 0 Å². The fraction of sp³-hybridized carbons (Fsp3) is 0.154. The highest BCUT2D eigenvalue weighted by molar-refractivity contribution is 6.07. The molecule has 1 aliphatic rings. The van der Waals surface area contributed by atoms with E-state index in [1.165, 1.54) is 0 Å². The molecular formula is C26H21NO5. The van der Waals surface area contributed by atoms with Crippen molar-refractivity contribution in [2.24, 2.45) is 0 Å². The number of amides is 1. The lowest BCUT2D eigenvalue weighted by Gasteiger charge is -2.26. The normalized spacial score (nSPS) is 14.8. The van der Waals surface area contributed by atoms with Gasteiger partial charge in [-0.05, 0) is 30.7 Å².